The number of para-hydroxylation sites is 1. The molecule has 5 heteroatoms. The van der Waals surface area contributed by atoms with Crippen LogP contribution >= 0.6 is 0 Å². The van der Waals surface area contributed by atoms with Gasteiger partial charge in [0.15, 0.2) is 0 Å². The number of carbonyl (C=O) groups is 2. The first-order valence-electron chi connectivity index (χ1n) is 6.80. The lowest BCUT2D eigenvalue weighted by Crippen LogP contribution is -2.40. The van der Waals surface area contributed by atoms with Gasteiger partial charge < -0.3 is 15.7 Å². The van der Waals surface area contributed by atoms with Crippen LogP contribution in [0, 0.1) is 5.92 Å². The van der Waals surface area contributed by atoms with Crippen molar-refractivity contribution < 1.29 is 14.7 Å². The lowest BCUT2D eigenvalue weighted by Gasteiger charge is -2.15. The summed E-state index contributed by atoms with van der Waals surface area (Å²) in [5.74, 6) is -0.812. The van der Waals surface area contributed by atoms with E-state index in [1.54, 1.807) is 12.1 Å². The number of carboxylic acid groups (broad SMARTS) is 1. The molecule has 0 bridgehead atoms. The van der Waals surface area contributed by atoms with Crippen molar-refractivity contribution in [1.29, 1.82) is 0 Å². The third kappa shape index (κ3) is 6.33. The largest absolute Gasteiger partial charge is 0.480 e. The molecule has 110 valence electrons. The summed E-state index contributed by atoms with van der Waals surface area (Å²) in [6.45, 7) is 4.73. The Hall–Kier alpha value is -1.88. The summed E-state index contributed by atoms with van der Waals surface area (Å²) in [6, 6.07) is 8.15. The minimum absolute atomic E-state index is 0.0810. The molecule has 0 spiro atoms. The van der Waals surface area contributed by atoms with E-state index in [1.165, 1.54) is 0 Å². The van der Waals surface area contributed by atoms with Gasteiger partial charge in [0, 0.05) is 5.69 Å². The number of hydrogen-bond acceptors (Lipinski definition) is 3. The standard InChI is InChI=1S/C15H22N2O3/c1-11(2)8-9-16-13(15(19)20)10-14(18)17-12-6-4-3-5-7-12/h3-7,11,13,16H,8-10H2,1-2H3,(H,17,18)(H,19,20)/t13-/m0/s1. The van der Waals surface area contributed by atoms with Crippen LogP contribution < -0.4 is 10.6 Å². The Balaban J connectivity index is 2.44. The van der Waals surface area contributed by atoms with Crippen molar-refractivity contribution in [2.75, 3.05) is 11.9 Å². The number of aliphatic carboxylic acids is 1. The molecule has 3 N–H and O–H groups in total. The molecule has 0 unspecified atom stereocenters. The Labute approximate surface area is 119 Å². The van der Waals surface area contributed by atoms with E-state index in [0.717, 1.165) is 6.42 Å². The molecule has 20 heavy (non-hydrogen) atoms. The molecule has 1 rings (SSSR count). The molecule has 0 radical (unpaired) electrons. The van der Waals surface area contributed by atoms with E-state index in [1.807, 2.05) is 18.2 Å². The highest BCUT2D eigenvalue weighted by molar-refractivity contribution is 5.93. The Morgan fingerprint density at radius 1 is 1.20 bits per heavy atom. The summed E-state index contributed by atoms with van der Waals surface area (Å²) in [6.07, 6.45) is 0.798. The number of carbonyl (C=O) groups excluding carboxylic acids is 1. The second-order valence-corrected chi connectivity index (χ2v) is 5.15. The zero-order valence-electron chi connectivity index (χ0n) is 11.9. The van der Waals surface area contributed by atoms with E-state index in [4.69, 9.17) is 5.11 Å². The number of anilines is 1. The van der Waals surface area contributed by atoms with Gasteiger partial charge in [-0.3, -0.25) is 9.59 Å². The molecule has 1 aromatic rings. The zero-order valence-corrected chi connectivity index (χ0v) is 11.9. The first-order chi connectivity index (χ1) is 9.49. The van der Waals surface area contributed by atoms with Crippen LogP contribution in [-0.2, 0) is 9.59 Å². The van der Waals surface area contributed by atoms with Crippen LogP contribution in [0.2, 0.25) is 0 Å². The van der Waals surface area contributed by atoms with Gasteiger partial charge in [-0.15, -0.1) is 0 Å². The number of hydrogen-bond donors (Lipinski definition) is 3. The number of carboxylic acids is 1. The molecule has 0 aliphatic heterocycles. The Kier molecular flexibility index (Phi) is 6.73. The molecule has 0 aliphatic rings. The summed E-state index contributed by atoms with van der Waals surface area (Å²) >= 11 is 0. The maximum Gasteiger partial charge on any atom is 0.321 e. The van der Waals surface area contributed by atoms with Gasteiger partial charge in [0.05, 0.1) is 6.42 Å². The van der Waals surface area contributed by atoms with Gasteiger partial charge in [-0.25, -0.2) is 0 Å². The fourth-order valence-electron chi connectivity index (χ4n) is 1.71. The maximum atomic E-state index is 11.8. The second kappa shape index (κ2) is 8.32. The summed E-state index contributed by atoms with van der Waals surface area (Å²) in [4.78, 5) is 22.9. The number of rotatable bonds is 8. The van der Waals surface area contributed by atoms with Crippen LogP contribution in [0.1, 0.15) is 26.7 Å². The van der Waals surface area contributed by atoms with E-state index in [0.29, 0.717) is 18.2 Å². The summed E-state index contributed by atoms with van der Waals surface area (Å²) in [7, 11) is 0. The Bertz CT molecular complexity index is 432. The van der Waals surface area contributed by atoms with Gasteiger partial charge >= 0.3 is 5.97 Å². The van der Waals surface area contributed by atoms with Gasteiger partial charge in [-0.1, -0.05) is 32.0 Å². The van der Waals surface area contributed by atoms with Gasteiger partial charge in [0.2, 0.25) is 5.91 Å². The van der Waals surface area contributed by atoms with Crippen molar-refractivity contribution in [2.45, 2.75) is 32.7 Å². The van der Waals surface area contributed by atoms with E-state index in [9.17, 15) is 9.59 Å². The summed E-state index contributed by atoms with van der Waals surface area (Å²) < 4.78 is 0. The predicted molar refractivity (Wildman–Crippen MR) is 78.6 cm³/mol. The molecule has 0 saturated carbocycles. The predicted octanol–water partition coefficient (Wildman–Crippen LogP) is 2.10. The van der Waals surface area contributed by atoms with Crippen molar-refractivity contribution in [2.24, 2.45) is 5.92 Å². The van der Waals surface area contributed by atoms with Crippen LogP contribution in [0.4, 0.5) is 5.69 Å². The maximum absolute atomic E-state index is 11.8. The van der Waals surface area contributed by atoms with Gasteiger partial charge in [-0.2, -0.15) is 0 Å². The van der Waals surface area contributed by atoms with Crippen LogP contribution in [0.25, 0.3) is 0 Å². The number of benzene rings is 1. The van der Waals surface area contributed by atoms with Gasteiger partial charge in [-0.05, 0) is 31.0 Å². The van der Waals surface area contributed by atoms with Crippen LogP contribution in [0.3, 0.4) is 0 Å². The molecule has 1 aromatic carbocycles. The molecule has 1 atom stereocenters. The average molecular weight is 278 g/mol. The summed E-state index contributed by atoms with van der Waals surface area (Å²) in [5.41, 5.74) is 0.670. The SMILES string of the molecule is CC(C)CCN[C@@H](CC(=O)Nc1ccccc1)C(=O)O. The summed E-state index contributed by atoms with van der Waals surface area (Å²) in [5, 5.41) is 14.7. The topological polar surface area (TPSA) is 78.4 Å². The second-order valence-electron chi connectivity index (χ2n) is 5.15. The molecule has 0 aliphatic carbocycles. The molecule has 1 amide bonds. The fraction of sp³-hybridized carbons (Fsp3) is 0.467. The highest BCUT2D eigenvalue weighted by Gasteiger charge is 2.20. The zero-order chi connectivity index (χ0) is 15.0. The quantitative estimate of drug-likeness (QED) is 0.680. The minimum atomic E-state index is -1.00. The van der Waals surface area contributed by atoms with Gasteiger partial charge in [0.1, 0.15) is 6.04 Å². The molecule has 0 fully saturated rings. The Morgan fingerprint density at radius 2 is 1.85 bits per heavy atom. The first-order valence-corrected chi connectivity index (χ1v) is 6.80. The van der Waals surface area contributed by atoms with Crippen LogP contribution in [0.15, 0.2) is 30.3 Å². The normalized spacial score (nSPS) is 12.2. The number of amides is 1. The Morgan fingerprint density at radius 3 is 2.40 bits per heavy atom. The van der Waals surface area contributed by atoms with Gasteiger partial charge in [0.25, 0.3) is 0 Å². The van der Waals surface area contributed by atoms with Crippen molar-refractivity contribution >= 4 is 17.6 Å². The first kappa shape index (κ1) is 16.2. The number of nitrogens with one attached hydrogen (secondary N) is 2. The third-order valence-corrected chi connectivity index (χ3v) is 2.86. The van der Waals surface area contributed by atoms with E-state index >= 15 is 0 Å². The molecular formula is C15H22N2O3. The highest BCUT2D eigenvalue weighted by atomic mass is 16.4. The van der Waals surface area contributed by atoms with Crippen LogP contribution in [-0.4, -0.2) is 29.6 Å². The van der Waals surface area contributed by atoms with Crippen molar-refractivity contribution in [3.63, 3.8) is 0 Å². The fourth-order valence-corrected chi connectivity index (χ4v) is 1.71. The average Bonchev–Trinajstić information content (AvgIpc) is 2.38. The highest BCUT2D eigenvalue weighted by Crippen LogP contribution is 2.06. The van der Waals surface area contributed by atoms with Crippen molar-refractivity contribution in [1.82, 2.24) is 5.32 Å². The van der Waals surface area contributed by atoms with Crippen LogP contribution in [0.5, 0.6) is 0 Å². The minimum Gasteiger partial charge on any atom is -0.480 e. The van der Waals surface area contributed by atoms with E-state index in [2.05, 4.69) is 24.5 Å². The van der Waals surface area contributed by atoms with Crippen molar-refractivity contribution in [3.05, 3.63) is 30.3 Å². The van der Waals surface area contributed by atoms with E-state index < -0.39 is 12.0 Å². The molecular weight excluding hydrogens is 256 g/mol. The molecule has 5 nitrogen and oxygen atoms in total. The molecule has 0 aromatic heterocycles. The lowest BCUT2D eigenvalue weighted by atomic mass is 10.1. The van der Waals surface area contributed by atoms with E-state index in [-0.39, 0.29) is 12.3 Å². The monoisotopic (exact) mass is 278 g/mol. The smallest absolute Gasteiger partial charge is 0.321 e. The molecule has 0 heterocycles. The van der Waals surface area contributed by atoms with Crippen molar-refractivity contribution in [3.8, 4) is 0 Å². The lowest BCUT2D eigenvalue weighted by molar-refractivity contribution is -0.141. The molecule has 0 saturated heterocycles. The third-order valence-electron chi connectivity index (χ3n) is 2.86.